The third-order valence-electron chi connectivity index (χ3n) is 11.0. The zero-order chi connectivity index (χ0) is 39.7. The smallest absolute Gasteiger partial charge is 0.407 e. The van der Waals surface area contributed by atoms with Gasteiger partial charge in [-0.3, -0.25) is 9.59 Å². The molecule has 56 heavy (non-hydrogen) atoms. The van der Waals surface area contributed by atoms with Gasteiger partial charge in [0.2, 0.25) is 11.8 Å². The molecule has 4 heterocycles. The lowest BCUT2D eigenvalue weighted by molar-refractivity contribution is -0.136. The van der Waals surface area contributed by atoms with Crippen molar-refractivity contribution >= 4 is 46.1 Å². The van der Waals surface area contributed by atoms with Crippen LogP contribution in [0.4, 0.5) is 9.59 Å². The Hall–Kier alpha value is -5.92. The van der Waals surface area contributed by atoms with Crippen molar-refractivity contribution in [1.82, 2.24) is 40.4 Å². The van der Waals surface area contributed by atoms with E-state index in [9.17, 15) is 19.2 Å². The average molecular weight is 763 g/mol. The number of nitrogens with one attached hydrogen (secondary N) is 4. The van der Waals surface area contributed by atoms with Gasteiger partial charge in [-0.05, 0) is 84.0 Å². The number of nitrogens with zero attached hydrogens (tertiary/aromatic N) is 4. The van der Waals surface area contributed by atoms with Crippen molar-refractivity contribution in [2.75, 3.05) is 27.3 Å². The minimum absolute atomic E-state index is 0.108. The van der Waals surface area contributed by atoms with Gasteiger partial charge in [-0.1, -0.05) is 64.1 Å². The van der Waals surface area contributed by atoms with E-state index < -0.39 is 24.3 Å². The highest BCUT2D eigenvalue weighted by atomic mass is 16.5. The first-order valence-electron chi connectivity index (χ1n) is 19.4. The minimum atomic E-state index is -0.692. The summed E-state index contributed by atoms with van der Waals surface area (Å²) in [6.45, 7) is 8.80. The van der Waals surface area contributed by atoms with E-state index in [2.05, 4.69) is 69.1 Å². The maximum Gasteiger partial charge on any atom is 0.407 e. The Labute approximate surface area is 325 Å². The molecule has 0 saturated carbocycles. The van der Waals surface area contributed by atoms with Crippen LogP contribution in [0.2, 0.25) is 0 Å². The average Bonchev–Trinajstić information content (AvgIpc) is 4.03. The molecule has 14 heteroatoms. The van der Waals surface area contributed by atoms with Crippen LogP contribution in [-0.2, 0) is 19.1 Å². The fraction of sp³-hybridized carbons (Fsp3) is 0.429. The summed E-state index contributed by atoms with van der Waals surface area (Å²) in [5, 5.41) is 5.41. The number of aromatic amines is 2. The van der Waals surface area contributed by atoms with Crippen LogP contribution >= 0.6 is 0 Å². The molecule has 0 bridgehead atoms. The van der Waals surface area contributed by atoms with E-state index in [1.165, 1.54) is 14.2 Å². The number of ether oxygens (including phenoxy) is 2. The largest absolute Gasteiger partial charge is 0.453 e. The van der Waals surface area contributed by atoms with Crippen LogP contribution in [0.5, 0.6) is 0 Å². The Balaban J connectivity index is 1.06. The highest BCUT2D eigenvalue weighted by Gasteiger charge is 2.39. The number of amides is 4. The second-order valence-electron chi connectivity index (χ2n) is 15.4. The van der Waals surface area contributed by atoms with Crippen LogP contribution in [0.15, 0.2) is 60.7 Å². The minimum Gasteiger partial charge on any atom is -0.453 e. The van der Waals surface area contributed by atoms with E-state index >= 15 is 0 Å². The van der Waals surface area contributed by atoms with Crippen molar-refractivity contribution < 1.29 is 28.7 Å². The summed E-state index contributed by atoms with van der Waals surface area (Å²) < 4.78 is 9.54. The van der Waals surface area contributed by atoms with Gasteiger partial charge in [0.05, 0.1) is 48.4 Å². The zero-order valence-electron chi connectivity index (χ0n) is 32.7. The van der Waals surface area contributed by atoms with Crippen LogP contribution in [-0.4, -0.2) is 93.1 Å². The number of aromatic nitrogens is 4. The SMILES string of the molecule is COC(=O)N[C@H](C(=O)N1CCCC1c1nc2ccc(-c3ccc(-c4ccc5nc(C6CCCN6C(=O)[C@@H](NC(=O)OC)C(C)C)[nH]c5c4)cc3)cc2[nH]1)C(C)C. The Kier molecular flexibility index (Phi) is 11.0. The summed E-state index contributed by atoms with van der Waals surface area (Å²) in [7, 11) is 2.58. The molecule has 0 radical (unpaired) electrons. The molecule has 7 rings (SSSR count). The van der Waals surface area contributed by atoms with Crippen molar-refractivity contribution in [3.63, 3.8) is 0 Å². The van der Waals surface area contributed by atoms with Crippen LogP contribution in [0.3, 0.4) is 0 Å². The summed E-state index contributed by atoms with van der Waals surface area (Å²) in [5.74, 6) is 0.976. The van der Waals surface area contributed by atoms with Gasteiger partial charge >= 0.3 is 12.2 Å². The Morgan fingerprint density at radius 3 is 1.36 bits per heavy atom. The lowest BCUT2D eigenvalue weighted by atomic mass is 10.00. The van der Waals surface area contributed by atoms with Gasteiger partial charge in [0.1, 0.15) is 23.7 Å². The number of alkyl carbamates (subject to hydrolysis) is 2. The lowest BCUT2D eigenvalue weighted by Gasteiger charge is -2.29. The first-order chi connectivity index (χ1) is 26.9. The number of benzene rings is 3. The number of fused-ring (bicyclic) bond motifs is 2. The predicted octanol–water partition coefficient (Wildman–Crippen LogP) is 6.86. The molecular weight excluding hydrogens is 713 g/mol. The van der Waals surface area contributed by atoms with Crippen LogP contribution in [0, 0.1) is 11.8 Å². The van der Waals surface area contributed by atoms with Crippen molar-refractivity contribution in [1.29, 1.82) is 0 Å². The molecule has 2 aliphatic heterocycles. The van der Waals surface area contributed by atoms with Crippen LogP contribution in [0.25, 0.3) is 44.3 Å². The van der Waals surface area contributed by atoms with Crippen LogP contribution in [0.1, 0.15) is 77.1 Å². The normalized spacial score (nSPS) is 18.1. The van der Waals surface area contributed by atoms with Gasteiger partial charge in [-0.25, -0.2) is 19.6 Å². The number of carbonyl (C=O) groups is 4. The number of H-pyrrole nitrogens is 2. The molecule has 4 amide bonds. The van der Waals surface area contributed by atoms with Crippen LogP contribution < -0.4 is 10.6 Å². The third kappa shape index (κ3) is 7.64. The van der Waals surface area contributed by atoms with Gasteiger partial charge in [0.15, 0.2) is 0 Å². The second-order valence-corrected chi connectivity index (χ2v) is 15.4. The molecule has 2 aliphatic rings. The topological polar surface area (TPSA) is 175 Å². The quantitative estimate of drug-likeness (QED) is 0.119. The maximum atomic E-state index is 13.6. The molecule has 294 valence electrons. The summed E-state index contributed by atoms with van der Waals surface area (Å²) in [6, 6.07) is 18.9. The number of hydrogen-bond donors (Lipinski definition) is 4. The molecule has 4 atom stereocenters. The second kappa shape index (κ2) is 16.0. The molecule has 0 spiro atoms. The number of hydrogen-bond acceptors (Lipinski definition) is 8. The highest BCUT2D eigenvalue weighted by molar-refractivity contribution is 5.88. The number of imidazole rings is 2. The Morgan fingerprint density at radius 1 is 0.625 bits per heavy atom. The fourth-order valence-electron chi connectivity index (χ4n) is 7.97. The monoisotopic (exact) mass is 762 g/mol. The molecule has 5 aromatic rings. The fourth-order valence-corrected chi connectivity index (χ4v) is 7.97. The summed E-state index contributed by atoms with van der Waals surface area (Å²) in [4.78, 5) is 71.6. The van der Waals surface area contributed by atoms with Crippen molar-refractivity contribution in [3.8, 4) is 22.3 Å². The molecule has 2 fully saturated rings. The van der Waals surface area contributed by atoms with E-state index in [0.717, 1.165) is 81.7 Å². The van der Waals surface area contributed by atoms with Gasteiger partial charge in [0.25, 0.3) is 0 Å². The number of methoxy groups -OCH3 is 2. The molecule has 0 aliphatic carbocycles. The summed E-state index contributed by atoms with van der Waals surface area (Å²) in [6.07, 6.45) is 2.00. The van der Waals surface area contributed by atoms with E-state index in [1.54, 1.807) is 0 Å². The lowest BCUT2D eigenvalue weighted by Crippen LogP contribution is -2.51. The summed E-state index contributed by atoms with van der Waals surface area (Å²) >= 11 is 0. The number of likely N-dealkylation sites (tertiary alicyclic amines) is 2. The van der Waals surface area contributed by atoms with Crippen molar-refractivity contribution in [2.45, 2.75) is 77.5 Å². The number of rotatable bonds is 10. The van der Waals surface area contributed by atoms with Gasteiger partial charge in [0, 0.05) is 13.1 Å². The zero-order valence-corrected chi connectivity index (χ0v) is 32.7. The van der Waals surface area contributed by atoms with Gasteiger partial charge < -0.3 is 39.9 Å². The van der Waals surface area contributed by atoms with Crippen molar-refractivity contribution in [3.05, 3.63) is 72.3 Å². The molecule has 4 N–H and O–H groups in total. The summed E-state index contributed by atoms with van der Waals surface area (Å²) in [5.41, 5.74) is 7.59. The first kappa shape index (κ1) is 38.4. The van der Waals surface area contributed by atoms with E-state index in [4.69, 9.17) is 19.4 Å². The molecule has 2 saturated heterocycles. The van der Waals surface area contributed by atoms with E-state index in [0.29, 0.717) is 13.1 Å². The van der Waals surface area contributed by atoms with E-state index in [-0.39, 0.29) is 35.7 Å². The molecule has 14 nitrogen and oxygen atoms in total. The molecule has 2 aromatic heterocycles. The standard InChI is InChI=1S/C42H50N8O6/c1-23(2)35(47-41(53)55-5)39(51)49-19-7-9-33(49)37-43-29-17-15-27(21-31(29)45-37)25-11-13-26(14-12-25)28-16-18-30-32(22-28)46-38(44-30)34-10-8-20-50(34)40(52)36(24(3)4)48-42(54)56-6/h11-18,21-24,33-36H,7-10,19-20H2,1-6H3,(H,43,45)(H,44,46)(H,47,53)(H,48,54)/t33?,34?,35-,36-/m0/s1. The first-order valence-corrected chi connectivity index (χ1v) is 19.4. The molecule has 3 aromatic carbocycles. The molecule has 2 unspecified atom stereocenters. The maximum absolute atomic E-state index is 13.6. The van der Waals surface area contributed by atoms with Gasteiger partial charge in [-0.15, -0.1) is 0 Å². The van der Waals surface area contributed by atoms with Crippen molar-refractivity contribution in [2.24, 2.45) is 11.8 Å². The highest BCUT2D eigenvalue weighted by Crippen LogP contribution is 2.36. The predicted molar refractivity (Wildman–Crippen MR) is 212 cm³/mol. The number of carbonyl (C=O) groups excluding carboxylic acids is 4. The van der Waals surface area contributed by atoms with Gasteiger partial charge in [-0.2, -0.15) is 0 Å². The Morgan fingerprint density at radius 2 is 1.00 bits per heavy atom. The van der Waals surface area contributed by atoms with E-state index in [1.807, 2.05) is 49.6 Å². The third-order valence-corrected chi connectivity index (χ3v) is 11.0. The molecular formula is C42H50N8O6. The Bertz CT molecular complexity index is 2090.